The molecule has 7 heteroatoms. The molecule has 5 nitrogen and oxygen atoms in total. The molecule has 1 saturated carbocycles. The molecule has 0 bridgehead atoms. The molecule has 2 atom stereocenters. The molecule has 0 radical (unpaired) electrons. The van der Waals surface area contributed by atoms with E-state index in [4.69, 9.17) is 5.73 Å². The zero-order valence-electron chi connectivity index (χ0n) is 12.2. The van der Waals surface area contributed by atoms with Crippen LogP contribution in [0.15, 0.2) is 23.1 Å². The predicted octanol–water partition coefficient (Wildman–Crippen LogP) is 1.75. The van der Waals surface area contributed by atoms with Crippen LogP contribution in [0.2, 0.25) is 0 Å². The molecule has 1 aliphatic heterocycles. The number of hydrogen-bond donors (Lipinski definition) is 2. The lowest BCUT2D eigenvalue weighted by molar-refractivity contribution is -0.120. The standard InChI is InChI=1S/C15H20N2O3S.ClH/c16-9-11-2-1-3-13(11)15(18)17-12-5-4-10-6-7-21(19,20)14(10)8-12;/h4-5,8,11,13H,1-3,6-7,9,16H2,(H,17,18);1H/t11-,13-;/m1./s1. The minimum absolute atomic E-state index is 0. The smallest absolute Gasteiger partial charge is 0.227 e. The minimum atomic E-state index is -3.17. The summed E-state index contributed by atoms with van der Waals surface area (Å²) in [6, 6.07) is 5.16. The molecule has 1 aromatic rings. The molecule has 2 aliphatic rings. The molecule has 1 heterocycles. The Balaban J connectivity index is 0.00000176. The first-order valence-electron chi connectivity index (χ1n) is 7.38. The number of benzene rings is 1. The van der Waals surface area contributed by atoms with Crippen molar-refractivity contribution in [1.29, 1.82) is 0 Å². The Morgan fingerprint density at radius 3 is 2.82 bits per heavy atom. The number of nitrogens with one attached hydrogen (secondary N) is 1. The molecular formula is C15H21ClN2O3S. The first-order chi connectivity index (χ1) is 10.0. The largest absolute Gasteiger partial charge is 0.330 e. The van der Waals surface area contributed by atoms with E-state index in [9.17, 15) is 13.2 Å². The van der Waals surface area contributed by atoms with Crippen molar-refractivity contribution in [3.05, 3.63) is 23.8 Å². The van der Waals surface area contributed by atoms with Crippen molar-refractivity contribution < 1.29 is 13.2 Å². The normalized spacial score (nSPS) is 25.3. The second kappa shape index (κ2) is 6.56. The molecule has 3 rings (SSSR count). The average Bonchev–Trinajstić information content (AvgIpc) is 3.04. The van der Waals surface area contributed by atoms with Gasteiger partial charge in [0.1, 0.15) is 0 Å². The molecule has 1 amide bonds. The zero-order valence-corrected chi connectivity index (χ0v) is 13.9. The predicted molar refractivity (Wildman–Crippen MR) is 88.0 cm³/mol. The highest BCUT2D eigenvalue weighted by atomic mass is 35.5. The Labute approximate surface area is 137 Å². The van der Waals surface area contributed by atoms with Crippen molar-refractivity contribution in [3.63, 3.8) is 0 Å². The Bertz CT molecular complexity index is 675. The fourth-order valence-corrected chi connectivity index (χ4v) is 4.97. The van der Waals surface area contributed by atoms with Gasteiger partial charge in [0.2, 0.25) is 5.91 Å². The summed E-state index contributed by atoms with van der Waals surface area (Å²) in [5, 5.41) is 2.86. The maximum atomic E-state index is 12.3. The third-order valence-electron chi connectivity index (χ3n) is 4.61. The molecule has 22 heavy (non-hydrogen) atoms. The fourth-order valence-electron chi connectivity index (χ4n) is 3.38. The highest BCUT2D eigenvalue weighted by molar-refractivity contribution is 7.91. The number of nitrogens with two attached hydrogens (primary N) is 1. The summed E-state index contributed by atoms with van der Waals surface area (Å²) in [6.07, 6.45) is 3.44. The molecule has 1 aromatic carbocycles. The SMILES string of the molecule is Cl.NC[C@H]1CCC[C@H]1C(=O)Nc1ccc2c(c1)S(=O)(=O)CC2. The van der Waals surface area contributed by atoms with Gasteiger partial charge in [-0.1, -0.05) is 12.5 Å². The van der Waals surface area contributed by atoms with Gasteiger partial charge < -0.3 is 11.1 Å². The van der Waals surface area contributed by atoms with Crippen LogP contribution in [0.3, 0.4) is 0 Å². The van der Waals surface area contributed by atoms with E-state index >= 15 is 0 Å². The highest BCUT2D eigenvalue weighted by Gasteiger charge is 2.32. The molecule has 3 N–H and O–H groups in total. The van der Waals surface area contributed by atoms with Gasteiger partial charge in [0.05, 0.1) is 10.6 Å². The summed E-state index contributed by atoms with van der Waals surface area (Å²) in [6.45, 7) is 0.524. The van der Waals surface area contributed by atoms with Gasteiger partial charge in [-0.25, -0.2) is 8.42 Å². The van der Waals surface area contributed by atoms with Crippen LogP contribution in [-0.4, -0.2) is 26.6 Å². The van der Waals surface area contributed by atoms with Crippen molar-refractivity contribution in [2.24, 2.45) is 17.6 Å². The van der Waals surface area contributed by atoms with Crippen LogP contribution >= 0.6 is 12.4 Å². The number of hydrogen-bond acceptors (Lipinski definition) is 4. The van der Waals surface area contributed by atoms with Gasteiger partial charge in [-0.2, -0.15) is 0 Å². The van der Waals surface area contributed by atoms with Gasteiger partial charge in [0.15, 0.2) is 9.84 Å². The van der Waals surface area contributed by atoms with E-state index in [1.165, 1.54) is 0 Å². The summed E-state index contributed by atoms with van der Waals surface area (Å²) in [7, 11) is -3.17. The third kappa shape index (κ3) is 3.14. The Morgan fingerprint density at radius 2 is 2.09 bits per heavy atom. The lowest BCUT2D eigenvalue weighted by Crippen LogP contribution is -2.29. The van der Waals surface area contributed by atoms with Gasteiger partial charge in [0, 0.05) is 11.6 Å². The van der Waals surface area contributed by atoms with E-state index in [2.05, 4.69) is 5.32 Å². The van der Waals surface area contributed by atoms with Crippen LogP contribution in [-0.2, 0) is 21.1 Å². The monoisotopic (exact) mass is 344 g/mol. The van der Waals surface area contributed by atoms with Crippen LogP contribution < -0.4 is 11.1 Å². The maximum Gasteiger partial charge on any atom is 0.227 e. The first kappa shape index (κ1) is 17.2. The first-order valence-corrected chi connectivity index (χ1v) is 9.03. The molecule has 1 aliphatic carbocycles. The Hall–Kier alpha value is -1.11. The second-order valence-corrected chi connectivity index (χ2v) is 7.99. The number of carbonyl (C=O) groups excluding carboxylic acids is 1. The highest BCUT2D eigenvalue weighted by Crippen LogP contribution is 2.33. The number of halogens is 1. The number of carbonyl (C=O) groups is 1. The molecule has 0 spiro atoms. The third-order valence-corrected chi connectivity index (χ3v) is 6.40. The van der Waals surface area contributed by atoms with E-state index in [-0.39, 0.29) is 35.9 Å². The topological polar surface area (TPSA) is 89.3 Å². The minimum Gasteiger partial charge on any atom is -0.330 e. The van der Waals surface area contributed by atoms with Crippen molar-refractivity contribution in [3.8, 4) is 0 Å². The van der Waals surface area contributed by atoms with Crippen LogP contribution in [0.25, 0.3) is 0 Å². The Morgan fingerprint density at radius 1 is 1.32 bits per heavy atom. The number of fused-ring (bicyclic) bond motifs is 1. The molecule has 0 unspecified atom stereocenters. The van der Waals surface area contributed by atoms with E-state index in [1.54, 1.807) is 18.2 Å². The molecule has 0 saturated heterocycles. The summed E-state index contributed by atoms with van der Waals surface area (Å²) in [5.74, 6) is 0.304. The molecule has 122 valence electrons. The summed E-state index contributed by atoms with van der Waals surface area (Å²) >= 11 is 0. The van der Waals surface area contributed by atoms with Gasteiger partial charge in [-0.3, -0.25) is 4.79 Å². The second-order valence-electron chi connectivity index (χ2n) is 5.91. The van der Waals surface area contributed by atoms with Crippen LogP contribution in [0.4, 0.5) is 5.69 Å². The van der Waals surface area contributed by atoms with Gasteiger partial charge in [-0.15, -0.1) is 12.4 Å². The van der Waals surface area contributed by atoms with E-state index in [1.807, 2.05) is 0 Å². The summed E-state index contributed by atoms with van der Waals surface area (Å²) in [4.78, 5) is 12.7. The van der Waals surface area contributed by atoms with Crippen molar-refractivity contribution in [2.75, 3.05) is 17.6 Å². The van der Waals surface area contributed by atoms with Crippen LogP contribution in [0.5, 0.6) is 0 Å². The lowest BCUT2D eigenvalue weighted by Gasteiger charge is -2.17. The van der Waals surface area contributed by atoms with Crippen LogP contribution in [0.1, 0.15) is 24.8 Å². The zero-order chi connectivity index (χ0) is 15.0. The quantitative estimate of drug-likeness (QED) is 0.874. The van der Waals surface area contributed by atoms with Gasteiger partial charge >= 0.3 is 0 Å². The summed E-state index contributed by atoms with van der Waals surface area (Å²) in [5.41, 5.74) is 7.11. The Kier molecular flexibility index (Phi) is 5.14. The van der Waals surface area contributed by atoms with Crippen molar-refractivity contribution in [2.45, 2.75) is 30.6 Å². The molecule has 0 aromatic heterocycles. The maximum absolute atomic E-state index is 12.3. The molecule has 1 fully saturated rings. The van der Waals surface area contributed by atoms with Crippen molar-refractivity contribution in [1.82, 2.24) is 0 Å². The number of aryl methyl sites for hydroxylation is 1. The average molecular weight is 345 g/mol. The van der Waals surface area contributed by atoms with Crippen molar-refractivity contribution >= 4 is 33.8 Å². The number of rotatable bonds is 3. The summed E-state index contributed by atoms with van der Waals surface area (Å²) < 4.78 is 23.8. The van der Waals surface area contributed by atoms with Gasteiger partial charge in [-0.05, 0) is 49.4 Å². The van der Waals surface area contributed by atoms with Crippen LogP contribution in [0, 0.1) is 11.8 Å². The van der Waals surface area contributed by atoms with Gasteiger partial charge in [0.25, 0.3) is 0 Å². The number of anilines is 1. The number of sulfone groups is 1. The van der Waals surface area contributed by atoms with E-state index < -0.39 is 9.84 Å². The van der Waals surface area contributed by atoms with E-state index in [0.717, 1.165) is 24.8 Å². The lowest BCUT2D eigenvalue weighted by atomic mass is 9.95. The van der Waals surface area contributed by atoms with E-state index in [0.29, 0.717) is 23.5 Å². The fraction of sp³-hybridized carbons (Fsp3) is 0.533. The number of amides is 1. The molecular weight excluding hydrogens is 324 g/mol.